The largest absolute Gasteiger partial charge is 0.344 e. The summed E-state index contributed by atoms with van der Waals surface area (Å²) in [6, 6.07) is 11.3. The molecule has 1 aromatic carbocycles. The van der Waals surface area contributed by atoms with E-state index in [1.807, 2.05) is 19.1 Å². The number of rotatable bonds is 5. The molecule has 0 saturated carbocycles. The van der Waals surface area contributed by atoms with E-state index < -0.39 is 4.92 Å². The Bertz CT molecular complexity index is 699. The molecule has 6 heteroatoms. The van der Waals surface area contributed by atoms with Gasteiger partial charge in [0.25, 0.3) is 5.69 Å². The molecule has 112 valence electrons. The van der Waals surface area contributed by atoms with Gasteiger partial charge in [-0.2, -0.15) is 0 Å². The van der Waals surface area contributed by atoms with Crippen LogP contribution in [0.2, 0.25) is 0 Å². The van der Waals surface area contributed by atoms with Crippen molar-refractivity contribution < 1.29 is 9.72 Å². The third-order valence-electron chi connectivity index (χ3n) is 3.00. The first-order valence-electron chi connectivity index (χ1n) is 6.70. The number of pyridine rings is 1. The van der Waals surface area contributed by atoms with Crippen molar-refractivity contribution in [3.8, 4) is 0 Å². The molecule has 0 fully saturated rings. The number of non-ortho nitro benzene ring substituents is 1. The average Bonchev–Trinajstić information content (AvgIpc) is 2.54. The number of nitro benzene ring substituents is 1. The molecule has 1 heterocycles. The van der Waals surface area contributed by atoms with E-state index in [-0.39, 0.29) is 17.6 Å². The fourth-order valence-corrected chi connectivity index (χ4v) is 1.88. The van der Waals surface area contributed by atoms with Crippen molar-refractivity contribution in [1.29, 1.82) is 0 Å². The van der Waals surface area contributed by atoms with Crippen LogP contribution in [0.15, 0.2) is 54.7 Å². The van der Waals surface area contributed by atoms with Gasteiger partial charge < -0.3 is 5.32 Å². The molecule has 0 aliphatic rings. The van der Waals surface area contributed by atoms with E-state index in [0.717, 1.165) is 5.69 Å². The first-order valence-corrected chi connectivity index (χ1v) is 6.70. The van der Waals surface area contributed by atoms with Gasteiger partial charge in [0.2, 0.25) is 5.91 Å². The Labute approximate surface area is 127 Å². The van der Waals surface area contributed by atoms with Crippen molar-refractivity contribution in [1.82, 2.24) is 10.3 Å². The number of carbonyl (C=O) groups excluding carboxylic acids is 1. The van der Waals surface area contributed by atoms with Crippen LogP contribution in [-0.2, 0) is 4.79 Å². The summed E-state index contributed by atoms with van der Waals surface area (Å²) >= 11 is 0. The number of hydrogen-bond acceptors (Lipinski definition) is 4. The lowest BCUT2D eigenvalue weighted by Crippen LogP contribution is -2.25. The molecule has 1 N–H and O–H groups in total. The van der Waals surface area contributed by atoms with Crippen LogP contribution < -0.4 is 5.32 Å². The molecule has 0 spiro atoms. The van der Waals surface area contributed by atoms with Gasteiger partial charge in [-0.1, -0.05) is 18.2 Å². The highest BCUT2D eigenvalue weighted by atomic mass is 16.6. The fraction of sp³-hybridized carbons (Fsp3) is 0.125. The normalized spacial score (nSPS) is 12.0. The van der Waals surface area contributed by atoms with Crippen LogP contribution in [0.25, 0.3) is 6.08 Å². The van der Waals surface area contributed by atoms with Crippen LogP contribution in [0.1, 0.15) is 24.2 Å². The average molecular weight is 297 g/mol. The second kappa shape index (κ2) is 7.12. The maximum Gasteiger partial charge on any atom is 0.270 e. The number of amides is 1. The molecule has 0 aliphatic heterocycles. The van der Waals surface area contributed by atoms with Crippen LogP contribution in [0.5, 0.6) is 0 Å². The molecule has 6 nitrogen and oxygen atoms in total. The van der Waals surface area contributed by atoms with E-state index in [0.29, 0.717) is 5.56 Å². The first-order chi connectivity index (χ1) is 10.6. The lowest BCUT2D eigenvalue weighted by Gasteiger charge is -2.11. The second-order valence-electron chi connectivity index (χ2n) is 4.67. The molecule has 1 amide bonds. The number of hydrogen-bond donors (Lipinski definition) is 1. The van der Waals surface area contributed by atoms with Crippen molar-refractivity contribution in [3.63, 3.8) is 0 Å². The van der Waals surface area contributed by atoms with Gasteiger partial charge in [0, 0.05) is 24.4 Å². The molecule has 0 aliphatic carbocycles. The standard InChI is InChI=1S/C16H15N3O3/c1-12(15-7-2-3-10-17-15)18-16(20)9-8-13-5-4-6-14(11-13)19(21)22/h2-12H,1H3,(H,18,20)/b9-8+/t12-/m1/s1. The number of carbonyl (C=O) groups is 1. The molecule has 2 aromatic rings. The van der Waals surface area contributed by atoms with Crippen molar-refractivity contribution >= 4 is 17.7 Å². The lowest BCUT2D eigenvalue weighted by molar-refractivity contribution is -0.384. The summed E-state index contributed by atoms with van der Waals surface area (Å²) in [5.41, 5.74) is 1.35. The van der Waals surface area contributed by atoms with E-state index >= 15 is 0 Å². The van der Waals surface area contributed by atoms with E-state index in [1.54, 1.807) is 24.4 Å². The quantitative estimate of drug-likeness (QED) is 0.522. The van der Waals surface area contributed by atoms with Gasteiger partial charge in [0.15, 0.2) is 0 Å². The summed E-state index contributed by atoms with van der Waals surface area (Å²) < 4.78 is 0. The topological polar surface area (TPSA) is 85.1 Å². The highest BCUT2D eigenvalue weighted by Crippen LogP contribution is 2.14. The van der Waals surface area contributed by atoms with Gasteiger partial charge in [-0.25, -0.2) is 0 Å². The van der Waals surface area contributed by atoms with Gasteiger partial charge in [-0.3, -0.25) is 19.9 Å². The van der Waals surface area contributed by atoms with Crippen molar-refractivity contribution in [2.45, 2.75) is 13.0 Å². The molecule has 0 saturated heterocycles. The molecule has 1 atom stereocenters. The Morgan fingerprint density at radius 3 is 2.82 bits per heavy atom. The molecule has 0 unspecified atom stereocenters. The van der Waals surface area contributed by atoms with Gasteiger partial charge in [0.1, 0.15) is 0 Å². The van der Waals surface area contributed by atoms with Gasteiger partial charge in [-0.05, 0) is 30.7 Å². The highest BCUT2D eigenvalue weighted by molar-refractivity contribution is 5.92. The van der Waals surface area contributed by atoms with Gasteiger partial charge in [0.05, 0.1) is 16.7 Å². The maximum atomic E-state index is 11.9. The summed E-state index contributed by atoms with van der Waals surface area (Å²) in [6.45, 7) is 1.83. The molecule has 0 radical (unpaired) electrons. The van der Waals surface area contributed by atoms with Crippen LogP contribution in [0.3, 0.4) is 0 Å². The van der Waals surface area contributed by atoms with E-state index in [4.69, 9.17) is 0 Å². The van der Waals surface area contributed by atoms with Crippen LogP contribution in [0.4, 0.5) is 5.69 Å². The molecule has 1 aromatic heterocycles. The Kier molecular flexibility index (Phi) is 4.98. The smallest absolute Gasteiger partial charge is 0.270 e. The minimum Gasteiger partial charge on any atom is -0.344 e. The molecular weight excluding hydrogens is 282 g/mol. The summed E-state index contributed by atoms with van der Waals surface area (Å²) in [5, 5.41) is 13.5. The zero-order chi connectivity index (χ0) is 15.9. The van der Waals surface area contributed by atoms with E-state index in [1.165, 1.54) is 24.3 Å². The van der Waals surface area contributed by atoms with Crippen molar-refractivity contribution in [3.05, 3.63) is 76.1 Å². The minimum atomic E-state index is -0.472. The number of nitrogens with zero attached hydrogens (tertiary/aromatic N) is 2. The Morgan fingerprint density at radius 1 is 1.32 bits per heavy atom. The van der Waals surface area contributed by atoms with Crippen molar-refractivity contribution in [2.75, 3.05) is 0 Å². The Morgan fingerprint density at radius 2 is 2.14 bits per heavy atom. The number of aromatic nitrogens is 1. The van der Waals surface area contributed by atoms with Crippen molar-refractivity contribution in [2.24, 2.45) is 0 Å². The van der Waals surface area contributed by atoms with Gasteiger partial charge >= 0.3 is 0 Å². The zero-order valence-corrected chi connectivity index (χ0v) is 12.0. The molecular formula is C16H15N3O3. The monoisotopic (exact) mass is 297 g/mol. The van der Waals surface area contributed by atoms with E-state index in [2.05, 4.69) is 10.3 Å². The molecule has 2 rings (SSSR count). The zero-order valence-electron chi connectivity index (χ0n) is 12.0. The first kappa shape index (κ1) is 15.4. The summed E-state index contributed by atoms with van der Waals surface area (Å²) in [4.78, 5) is 26.2. The maximum absolute atomic E-state index is 11.9. The Balaban J connectivity index is 2.00. The van der Waals surface area contributed by atoms with Gasteiger partial charge in [-0.15, -0.1) is 0 Å². The summed E-state index contributed by atoms with van der Waals surface area (Å²) in [6.07, 6.45) is 4.54. The molecule has 22 heavy (non-hydrogen) atoms. The SMILES string of the molecule is C[C@@H](NC(=O)/C=C/c1cccc([N+](=O)[O-])c1)c1ccccn1. The fourth-order valence-electron chi connectivity index (χ4n) is 1.88. The third-order valence-corrected chi connectivity index (χ3v) is 3.00. The Hall–Kier alpha value is -3.02. The number of benzene rings is 1. The number of nitro groups is 1. The predicted octanol–water partition coefficient (Wildman–Crippen LogP) is 2.88. The third kappa shape index (κ3) is 4.24. The number of nitrogens with one attached hydrogen (secondary N) is 1. The second-order valence-corrected chi connectivity index (χ2v) is 4.67. The molecule has 0 bridgehead atoms. The van der Waals surface area contributed by atoms with Crippen LogP contribution in [-0.4, -0.2) is 15.8 Å². The van der Waals surface area contributed by atoms with Crippen LogP contribution in [0, 0.1) is 10.1 Å². The van der Waals surface area contributed by atoms with Crippen LogP contribution >= 0.6 is 0 Å². The summed E-state index contributed by atoms with van der Waals surface area (Å²) in [5.74, 6) is -0.287. The van der Waals surface area contributed by atoms with E-state index in [9.17, 15) is 14.9 Å². The highest BCUT2D eigenvalue weighted by Gasteiger charge is 2.08. The summed E-state index contributed by atoms with van der Waals surface area (Å²) in [7, 11) is 0. The lowest BCUT2D eigenvalue weighted by atomic mass is 10.2. The predicted molar refractivity (Wildman–Crippen MR) is 82.9 cm³/mol. The minimum absolute atomic E-state index is 0.00980.